The third-order valence-corrected chi connectivity index (χ3v) is 3.53. The lowest BCUT2D eigenvalue weighted by Gasteiger charge is -2.08. The van der Waals surface area contributed by atoms with E-state index in [1.54, 1.807) is 24.3 Å². The number of hydrogen-bond donors (Lipinski definition) is 1. The molecule has 2 aromatic rings. The highest BCUT2D eigenvalue weighted by molar-refractivity contribution is 9.10. The molecule has 0 aliphatic carbocycles. The molecule has 0 heterocycles. The van der Waals surface area contributed by atoms with Crippen LogP contribution in [-0.2, 0) is 16.1 Å². The zero-order valence-corrected chi connectivity index (χ0v) is 13.3. The first kappa shape index (κ1) is 16.2. The zero-order chi connectivity index (χ0) is 16.1. The molecule has 0 spiro atoms. The second-order valence-corrected chi connectivity index (χ2v) is 5.43. The van der Waals surface area contributed by atoms with E-state index in [0.717, 1.165) is 0 Å². The number of amides is 1. The molecule has 0 saturated heterocycles. The Morgan fingerprint density at radius 2 is 2.00 bits per heavy atom. The highest BCUT2D eigenvalue weighted by Gasteiger charge is 2.10. The summed E-state index contributed by atoms with van der Waals surface area (Å²) in [5.74, 6) is -1.12. The second kappa shape index (κ2) is 7.17. The van der Waals surface area contributed by atoms with Gasteiger partial charge in [0.2, 0.25) is 5.91 Å². The molecule has 0 aliphatic rings. The van der Waals surface area contributed by atoms with Crippen LogP contribution in [0.5, 0.6) is 0 Å². The molecular weight excluding hydrogens is 353 g/mol. The lowest BCUT2D eigenvalue weighted by Crippen LogP contribution is -2.09. The Labute approximate surface area is 135 Å². The molecule has 0 saturated carbocycles. The van der Waals surface area contributed by atoms with E-state index < -0.39 is 5.97 Å². The van der Waals surface area contributed by atoms with Crippen LogP contribution in [0.15, 0.2) is 46.9 Å². The predicted octanol–water partition coefficient (Wildman–Crippen LogP) is 3.90. The Morgan fingerprint density at radius 3 is 2.68 bits per heavy atom. The van der Waals surface area contributed by atoms with Crippen molar-refractivity contribution in [2.45, 2.75) is 13.5 Å². The van der Waals surface area contributed by atoms with Crippen LogP contribution in [0.25, 0.3) is 0 Å². The van der Waals surface area contributed by atoms with Gasteiger partial charge >= 0.3 is 5.97 Å². The Morgan fingerprint density at radius 1 is 1.23 bits per heavy atom. The lowest BCUT2D eigenvalue weighted by atomic mass is 10.2. The van der Waals surface area contributed by atoms with E-state index >= 15 is 0 Å². The number of anilines is 1. The van der Waals surface area contributed by atoms with E-state index in [1.807, 2.05) is 0 Å². The van der Waals surface area contributed by atoms with Crippen LogP contribution >= 0.6 is 15.9 Å². The van der Waals surface area contributed by atoms with Gasteiger partial charge in [0, 0.05) is 22.6 Å². The van der Waals surface area contributed by atoms with E-state index in [-0.39, 0.29) is 18.3 Å². The highest BCUT2D eigenvalue weighted by Crippen LogP contribution is 2.19. The number of benzene rings is 2. The number of hydrogen-bond acceptors (Lipinski definition) is 3. The maximum Gasteiger partial charge on any atom is 0.338 e. The van der Waals surface area contributed by atoms with Gasteiger partial charge in [0.05, 0.1) is 5.56 Å². The number of esters is 1. The van der Waals surface area contributed by atoms with Crippen molar-refractivity contribution < 1.29 is 18.7 Å². The third-order valence-electron chi connectivity index (χ3n) is 2.79. The molecule has 0 radical (unpaired) electrons. The number of carbonyl (C=O) groups excluding carboxylic acids is 2. The van der Waals surface area contributed by atoms with E-state index in [2.05, 4.69) is 21.2 Å². The average molecular weight is 366 g/mol. The average Bonchev–Trinajstić information content (AvgIpc) is 2.45. The van der Waals surface area contributed by atoms with Gasteiger partial charge < -0.3 is 10.1 Å². The molecule has 4 nitrogen and oxygen atoms in total. The van der Waals surface area contributed by atoms with Crippen molar-refractivity contribution in [2.24, 2.45) is 0 Å². The minimum Gasteiger partial charge on any atom is -0.457 e. The van der Waals surface area contributed by atoms with Gasteiger partial charge in [0.15, 0.2) is 0 Å². The van der Waals surface area contributed by atoms with Crippen LogP contribution < -0.4 is 5.32 Å². The first-order chi connectivity index (χ1) is 10.5. The Bertz CT molecular complexity index is 718. The molecule has 1 amide bonds. The maximum atomic E-state index is 13.0. The molecule has 2 aromatic carbocycles. The molecule has 114 valence electrons. The fourth-order valence-electron chi connectivity index (χ4n) is 1.79. The minimum atomic E-state index is -0.525. The largest absolute Gasteiger partial charge is 0.457 e. The van der Waals surface area contributed by atoms with Crippen LogP contribution in [0.2, 0.25) is 0 Å². The zero-order valence-electron chi connectivity index (χ0n) is 11.7. The summed E-state index contributed by atoms with van der Waals surface area (Å²) in [7, 11) is 0. The SMILES string of the molecule is CC(=O)Nc1cccc(C(=O)OCc2ccc(F)cc2Br)c1. The van der Waals surface area contributed by atoms with E-state index in [4.69, 9.17) is 4.74 Å². The van der Waals surface area contributed by atoms with Crippen LogP contribution in [0.3, 0.4) is 0 Å². The smallest absolute Gasteiger partial charge is 0.338 e. The quantitative estimate of drug-likeness (QED) is 0.835. The van der Waals surface area contributed by atoms with Crippen molar-refractivity contribution in [3.63, 3.8) is 0 Å². The monoisotopic (exact) mass is 365 g/mol. The number of ether oxygens (including phenoxy) is 1. The van der Waals surface area contributed by atoms with Gasteiger partial charge in [0.25, 0.3) is 0 Å². The van der Waals surface area contributed by atoms with Gasteiger partial charge in [-0.3, -0.25) is 4.79 Å². The molecule has 0 aromatic heterocycles. The summed E-state index contributed by atoms with van der Waals surface area (Å²) < 4.78 is 18.7. The van der Waals surface area contributed by atoms with Gasteiger partial charge in [0.1, 0.15) is 12.4 Å². The first-order valence-electron chi connectivity index (χ1n) is 6.44. The summed E-state index contributed by atoms with van der Waals surface area (Å²) in [6, 6.07) is 10.6. The minimum absolute atomic E-state index is 0.0179. The molecule has 0 bridgehead atoms. The third kappa shape index (κ3) is 4.39. The van der Waals surface area contributed by atoms with Crippen LogP contribution in [0, 0.1) is 5.82 Å². The Balaban J connectivity index is 2.04. The van der Waals surface area contributed by atoms with E-state index in [0.29, 0.717) is 21.3 Å². The second-order valence-electron chi connectivity index (χ2n) is 4.57. The maximum absolute atomic E-state index is 13.0. The molecule has 2 rings (SSSR count). The standard InChI is InChI=1S/C16H13BrFNO3/c1-10(20)19-14-4-2-3-11(7-14)16(21)22-9-12-5-6-13(18)8-15(12)17/h2-8H,9H2,1H3,(H,19,20). The molecule has 1 N–H and O–H groups in total. The van der Waals surface area contributed by atoms with Crippen LogP contribution in [0.4, 0.5) is 10.1 Å². The summed E-state index contributed by atoms with van der Waals surface area (Å²) in [5, 5.41) is 2.59. The molecule has 0 aliphatic heterocycles. The molecular formula is C16H13BrFNO3. The van der Waals surface area contributed by atoms with Crippen molar-refractivity contribution in [3.8, 4) is 0 Å². The van der Waals surface area contributed by atoms with Crippen molar-refractivity contribution in [1.29, 1.82) is 0 Å². The number of nitrogens with one attached hydrogen (secondary N) is 1. The van der Waals surface area contributed by atoms with Gasteiger partial charge in [-0.2, -0.15) is 0 Å². The molecule has 0 fully saturated rings. The van der Waals surface area contributed by atoms with E-state index in [9.17, 15) is 14.0 Å². The Kier molecular flexibility index (Phi) is 5.27. The van der Waals surface area contributed by atoms with Crippen molar-refractivity contribution in [3.05, 3.63) is 63.9 Å². The van der Waals surface area contributed by atoms with Crippen LogP contribution in [0.1, 0.15) is 22.8 Å². The Hall–Kier alpha value is -2.21. The highest BCUT2D eigenvalue weighted by atomic mass is 79.9. The summed E-state index contributed by atoms with van der Waals surface area (Å²) in [4.78, 5) is 23.0. The lowest BCUT2D eigenvalue weighted by molar-refractivity contribution is -0.114. The van der Waals surface area contributed by atoms with Crippen LogP contribution in [-0.4, -0.2) is 11.9 Å². The predicted molar refractivity (Wildman–Crippen MR) is 84.0 cm³/mol. The topological polar surface area (TPSA) is 55.4 Å². The van der Waals surface area contributed by atoms with Crippen molar-refractivity contribution >= 4 is 33.5 Å². The number of rotatable bonds is 4. The summed E-state index contributed by atoms with van der Waals surface area (Å²) in [6.07, 6.45) is 0. The van der Waals surface area contributed by atoms with E-state index in [1.165, 1.54) is 25.1 Å². The first-order valence-corrected chi connectivity index (χ1v) is 7.23. The van der Waals surface area contributed by atoms with Gasteiger partial charge in [-0.25, -0.2) is 9.18 Å². The fourth-order valence-corrected chi connectivity index (χ4v) is 2.26. The summed E-state index contributed by atoms with van der Waals surface area (Å²) in [5.41, 5.74) is 1.50. The normalized spacial score (nSPS) is 10.1. The molecule has 0 atom stereocenters. The summed E-state index contributed by atoms with van der Waals surface area (Å²) in [6.45, 7) is 1.40. The summed E-state index contributed by atoms with van der Waals surface area (Å²) >= 11 is 3.21. The van der Waals surface area contributed by atoms with Gasteiger partial charge in [-0.05, 0) is 30.3 Å². The van der Waals surface area contributed by atoms with Crippen molar-refractivity contribution in [2.75, 3.05) is 5.32 Å². The molecule has 6 heteroatoms. The number of carbonyl (C=O) groups is 2. The molecule has 0 unspecified atom stereocenters. The fraction of sp³-hybridized carbons (Fsp3) is 0.125. The van der Waals surface area contributed by atoms with Gasteiger partial charge in [-0.15, -0.1) is 0 Å². The van der Waals surface area contributed by atoms with Crippen molar-refractivity contribution in [1.82, 2.24) is 0 Å². The van der Waals surface area contributed by atoms with Gasteiger partial charge in [-0.1, -0.05) is 28.1 Å². The molecule has 22 heavy (non-hydrogen) atoms. The number of halogens is 2.